The molecule has 1 aromatic carbocycles. The van der Waals surface area contributed by atoms with Crippen molar-refractivity contribution in [2.24, 2.45) is 5.73 Å². The monoisotopic (exact) mass is 314 g/mol. The second-order valence-electron chi connectivity index (χ2n) is 5.30. The van der Waals surface area contributed by atoms with E-state index < -0.39 is 0 Å². The lowest BCUT2D eigenvalue weighted by Crippen LogP contribution is -2.54. The molecular formula is C16H27ClN2O2. The number of carbonyl (C=O) groups is 1. The Morgan fingerprint density at radius 1 is 1.29 bits per heavy atom. The van der Waals surface area contributed by atoms with E-state index in [-0.39, 0.29) is 30.5 Å². The topological polar surface area (TPSA) is 64.3 Å². The largest absolute Gasteiger partial charge is 0.483 e. The molecule has 0 aliphatic heterocycles. The zero-order valence-corrected chi connectivity index (χ0v) is 14.2. The van der Waals surface area contributed by atoms with E-state index in [0.717, 1.165) is 29.7 Å². The summed E-state index contributed by atoms with van der Waals surface area (Å²) in [7, 11) is 0. The van der Waals surface area contributed by atoms with Gasteiger partial charge in [0.2, 0.25) is 0 Å². The van der Waals surface area contributed by atoms with Crippen molar-refractivity contribution in [1.29, 1.82) is 0 Å². The second-order valence-corrected chi connectivity index (χ2v) is 5.30. The van der Waals surface area contributed by atoms with Crippen LogP contribution in [0.5, 0.6) is 5.75 Å². The Morgan fingerprint density at radius 2 is 1.90 bits per heavy atom. The summed E-state index contributed by atoms with van der Waals surface area (Å²) in [4.78, 5) is 12.0. The van der Waals surface area contributed by atoms with Gasteiger partial charge in [-0.25, -0.2) is 0 Å². The Balaban J connectivity index is 0.00000400. The molecule has 0 radical (unpaired) electrons. The number of hydrogen-bond acceptors (Lipinski definition) is 3. The number of hydrogen-bond donors (Lipinski definition) is 2. The zero-order chi connectivity index (χ0) is 15.2. The number of amides is 1. The number of carbonyl (C=O) groups excluding carboxylic acids is 1. The summed E-state index contributed by atoms with van der Waals surface area (Å²) in [5, 5.41) is 2.99. The molecule has 0 aromatic heterocycles. The molecule has 4 nitrogen and oxygen atoms in total. The maximum atomic E-state index is 12.0. The van der Waals surface area contributed by atoms with Crippen molar-refractivity contribution in [3.05, 3.63) is 29.3 Å². The van der Waals surface area contributed by atoms with E-state index in [0.29, 0.717) is 6.54 Å². The highest BCUT2D eigenvalue weighted by Crippen LogP contribution is 2.19. The third kappa shape index (κ3) is 5.56. The van der Waals surface area contributed by atoms with E-state index in [2.05, 4.69) is 5.32 Å². The first-order valence-corrected chi connectivity index (χ1v) is 7.17. The predicted molar refractivity (Wildman–Crippen MR) is 89.2 cm³/mol. The van der Waals surface area contributed by atoms with Crippen LogP contribution in [0.2, 0.25) is 0 Å². The maximum absolute atomic E-state index is 12.0. The molecule has 0 saturated heterocycles. The van der Waals surface area contributed by atoms with Gasteiger partial charge in [-0.05, 0) is 43.9 Å². The lowest BCUT2D eigenvalue weighted by Gasteiger charge is -2.31. The highest BCUT2D eigenvalue weighted by Gasteiger charge is 2.26. The van der Waals surface area contributed by atoms with E-state index in [4.69, 9.17) is 10.5 Å². The molecule has 1 aromatic rings. The summed E-state index contributed by atoms with van der Waals surface area (Å²) in [6.45, 7) is 8.49. The van der Waals surface area contributed by atoms with Crippen LogP contribution in [0.15, 0.2) is 18.2 Å². The van der Waals surface area contributed by atoms with Gasteiger partial charge in [-0.15, -0.1) is 12.4 Å². The Morgan fingerprint density at radius 3 is 2.43 bits per heavy atom. The first-order chi connectivity index (χ1) is 9.46. The molecule has 1 amide bonds. The van der Waals surface area contributed by atoms with Crippen LogP contribution in [0.25, 0.3) is 0 Å². The molecule has 0 aliphatic carbocycles. The van der Waals surface area contributed by atoms with E-state index in [1.165, 1.54) is 0 Å². The van der Waals surface area contributed by atoms with Crippen LogP contribution in [-0.4, -0.2) is 24.6 Å². The van der Waals surface area contributed by atoms with Gasteiger partial charge in [0.1, 0.15) is 5.75 Å². The number of halogens is 1. The molecule has 0 aliphatic rings. The minimum atomic E-state index is -0.317. The van der Waals surface area contributed by atoms with Gasteiger partial charge in [0.15, 0.2) is 6.61 Å². The van der Waals surface area contributed by atoms with Crippen molar-refractivity contribution in [1.82, 2.24) is 5.32 Å². The van der Waals surface area contributed by atoms with Crippen molar-refractivity contribution in [3.8, 4) is 5.75 Å². The van der Waals surface area contributed by atoms with Crippen molar-refractivity contribution in [2.45, 2.75) is 46.1 Å². The van der Waals surface area contributed by atoms with Gasteiger partial charge in [0, 0.05) is 6.54 Å². The zero-order valence-electron chi connectivity index (χ0n) is 13.4. The molecule has 0 spiro atoms. The first-order valence-electron chi connectivity index (χ1n) is 7.17. The normalized spacial score (nSPS) is 10.7. The number of rotatable bonds is 7. The number of nitrogens with one attached hydrogen (secondary N) is 1. The molecule has 0 saturated carbocycles. The van der Waals surface area contributed by atoms with E-state index in [1.807, 2.05) is 45.9 Å². The SMILES string of the molecule is CCC(CC)(CN)NC(=O)COc1cc(C)ccc1C.Cl. The van der Waals surface area contributed by atoms with Gasteiger partial charge in [-0.2, -0.15) is 0 Å². The smallest absolute Gasteiger partial charge is 0.258 e. The van der Waals surface area contributed by atoms with Gasteiger partial charge in [0.25, 0.3) is 5.91 Å². The molecule has 5 heteroatoms. The lowest BCUT2D eigenvalue weighted by atomic mass is 9.93. The molecule has 21 heavy (non-hydrogen) atoms. The van der Waals surface area contributed by atoms with Crippen molar-refractivity contribution in [3.63, 3.8) is 0 Å². The third-order valence-electron chi connectivity index (χ3n) is 3.85. The van der Waals surface area contributed by atoms with Crippen LogP contribution in [0, 0.1) is 13.8 Å². The van der Waals surface area contributed by atoms with Crippen LogP contribution in [0.3, 0.4) is 0 Å². The first kappa shape index (κ1) is 19.7. The standard InChI is InChI=1S/C16H26N2O2.ClH/c1-5-16(6-2,11-17)18-15(19)10-20-14-9-12(3)7-8-13(14)4;/h7-9H,5-6,10-11,17H2,1-4H3,(H,18,19);1H. The molecule has 0 unspecified atom stereocenters. The summed E-state index contributed by atoms with van der Waals surface area (Å²) in [5.74, 6) is 0.631. The summed E-state index contributed by atoms with van der Waals surface area (Å²) >= 11 is 0. The Kier molecular flexibility index (Phi) is 8.37. The number of ether oxygens (including phenoxy) is 1. The highest BCUT2D eigenvalue weighted by molar-refractivity contribution is 5.85. The predicted octanol–water partition coefficient (Wildman–Crippen LogP) is 2.74. The van der Waals surface area contributed by atoms with Crippen molar-refractivity contribution < 1.29 is 9.53 Å². The summed E-state index contributed by atoms with van der Waals surface area (Å²) in [6, 6.07) is 5.96. The van der Waals surface area contributed by atoms with E-state index in [1.54, 1.807) is 0 Å². The van der Waals surface area contributed by atoms with Gasteiger partial charge in [-0.1, -0.05) is 26.0 Å². The minimum Gasteiger partial charge on any atom is -0.483 e. The molecule has 0 atom stereocenters. The maximum Gasteiger partial charge on any atom is 0.258 e. The fourth-order valence-corrected chi connectivity index (χ4v) is 2.10. The van der Waals surface area contributed by atoms with Crippen molar-refractivity contribution >= 4 is 18.3 Å². The van der Waals surface area contributed by atoms with E-state index in [9.17, 15) is 4.79 Å². The molecular weight excluding hydrogens is 288 g/mol. The van der Waals surface area contributed by atoms with Crippen molar-refractivity contribution in [2.75, 3.05) is 13.2 Å². The van der Waals surface area contributed by atoms with Crippen LogP contribution in [-0.2, 0) is 4.79 Å². The Bertz CT molecular complexity index is 451. The summed E-state index contributed by atoms with van der Waals surface area (Å²) < 4.78 is 5.61. The van der Waals surface area contributed by atoms with Gasteiger partial charge < -0.3 is 15.8 Å². The van der Waals surface area contributed by atoms with Crippen LogP contribution in [0.4, 0.5) is 0 Å². The Hall–Kier alpha value is -1.26. The van der Waals surface area contributed by atoms with Gasteiger partial charge >= 0.3 is 0 Å². The number of benzene rings is 1. The summed E-state index contributed by atoms with van der Waals surface area (Å²) in [5.41, 5.74) is 7.60. The summed E-state index contributed by atoms with van der Waals surface area (Å²) in [6.07, 6.45) is 1.63. The quantitative estimate of drug-likeness (QED) is 0.813. The average Bonchev–Trinajstić information content (AvgIpc) is 2.46. The number of aryl methyl sites for hydroxylation is 2. The van der Waals surface area contributed by atoms with Gasteiger partial charge in [0.05, 0.1) is 5.54 Å². The molecule has 0 heterocycles. The van der Waals surface area contributed by atoms with Crippen LogP contribution in [0.1, 0.15) is 37.8 Å². The molecule has 120 valence electrons. The molecule has 0 fully saturated rings. The fraction of sp³-hybridized carbons (Fsp3) is 0.562. The number of nitrogens with two attached hydrogens (primary N) is 1. The van der Waals surface area contributed by atoms with E-state index >= 15 is 0 Å². The molecule has 1 rings (SSSR count). The lowest BCUT2D eigenvalue weighted by molar-refractivity contribution is -0.125. The van der Waals surface area contributed by atoms with Crippen LogP contribution >= 0.6 is 12.4 Å². The van der Waals surface area contributed by atoms with Crippen LogP contribution < -0.4 is 15.8 Å². The fourth-order valence-electron chi connectivity index (χ4n) is 2.10. The minimum absolute atomic E-state index is 0. The highest BCUT2D eigenvalue weighted by atomic mass is 35.5. The van der Waals surface area contributed by atoms with Gasteiger partial charge in [-0.3, -0.25) is 4.79 Å². The molecule has 3 N–H and O–H groups in total. The third-order valence-corrected chi connectivity index (χ3v) is 3.85. The molecule has 0 bridgehead atoms. The second kappa shape index (κ2) is 8.90. The Labute approximate surface area is 133 Å². The average molecular weight is 315 g/mol.